The highest BCUT2D eigenvalue weighted by molar-refractivity contribution is 6.19. The van der Waals surface area contributed by atoms with E-state index in [4.69, 9.17) is 15.0 Å². The third-order valence-electron chi connectivity index (χ3n) is 9.76. The third kappa shape index (κ3) is 4.76. The molecule has 6 heteroatoms. The van der Waals surface area contributed by atoms with Crippen molar-refractivity contribution in [3.8, 4) is 51.6 Å². The van der Waals surface area contributed by atoms with E-state index < -0.39 is 0 Å². The van der Waals surface area contributed by atoms with Crippen LogP contribution in [0.25, 0.3) is 89.2 Å². The molecule has 0 radical (unpaired) electrons. The first-order chi connectivity index (χ1) is 25.7. The lowest BCUT2D eigenvalue weighted by Crippen LogP contribution is -2.01. The van der Waals surface area contributed by atoms with Crippen molar-refractivity contribution in [2.24, 2.45) is 0 Å². The Bertz CT molecular complexity index is 2970. The minimum absolute atomic E-state index is 0.607. The third-order valence-corrected chi connectivity index (χ3v) is 9.76. The molecule has 10 rings (SSSR count). The molecule has 0 saturated carbocycles. The second kappa shape index (κ2) is 11.9. The van der Waals surface area contributed by atoms with Gasteiger partial charge in [-0.2, -0.15) is 5.26 Å². The van der Waals surface area contributed by atoms with Gasteiger partial charge in [0.15, 0.2) is 17.5 Å². The maximum absolute atomic E-state index is 9.75. The SMILES string of the molecule is N#Cc1cccc(-n2c3ccccc3c3cc4c5ccccc5n(-c5cccc(-c6nc(-c7ccccc7)nc(-c7ccccc7)n6)c5)c4cc32)c1. The molecule has 0 aliphatic rings. The van der Waals surface area contributed by atoms with Gasteiger partial charge in [0, 0.05) is 49.6 Å². The van der Waals surface area contributed by atoms with Gasteiger partial charge in [-0.1, -0.05) is 115 Å². The highest BCUT2D eigenvalue weighted by atomic mass is 15.0. The Morgan fingerprint density at radius 3 is 1.38 bits per heavy atom. The normalized spacial score (nSPS) is 11.4. The molecule has 10 aromatic rings. The van der Waals surface area contributed by atoms with Crippen molar-refractivity contribution < 1.29 is 0 Å². The summed E-state index contributed by atoms with van der Waals surface area (Å²) in [6, 6.07) is 60.4. The predicted molar refractivity (Wildman–Crippen MR) is 210 cm³/mol. The number of benzene rings is 7. The maximum Gasteiger partial charge on any atom is 0.164 e. The Labute approximate surface area is 299 Å². The van der Waals surface area contributed by atoms with Crippen LogP contribution in [-0.2, 0) is 0 Å². The molecule has 0 saturated heterocycles. The van der Waals surface area contributed by atoms with E-state index in [0.717, 1.165) is 55.5 Å². The topological polar surface area (TPSA) is 72.3 Å². The average Bonchev–Trinajstić information content (AvgIpc) is 3.72. The van der Waals surface area contributed by atoms with Crippen LogP contribution in [0.5, 0.6) is 0 Å². The number of hydrogen-bond acceptors (Lipinski definition) is 4. The number of nitrogens with zero attached hydrogens (tertiary/aromatic N) is 6. The van der Waals surface area contributed by atoms with Gasteiger partial charge in [0.05, 0.1) is 33.7 Å². The van der Waals surface area contributed by atoms with Gasteiger partial charge in [0.25, 0.3) is 0 Å². The largest absolute Gasteiger partial charge is 0.309 e. The first kappa shape index (κ1) is 29.5. The van der Waals surface area contributed by atoms with E-state index in [1.807, 2.05) is 78.9 Å². The van der Waals surface area contributed by atoms with E-state index in [-0.39, 0.29) is 0 Å². The van der Waals surface area contributed by atoms with Gasteiger partial charge in [-0.05, 0) is 54.6 Å². The Morgan fingerprint density at radius 1 is 0.365 bits per heavy atom. The molecule has 0 N–H and O–H groups in total. The molecule has 0 amide bonds. The smallest absolute Gasteiger partial charge is 0.164 e. The van der Waals surface area contributed by atoms with E-state index in [1.165, 1.54) is 16.2 Å². The van der Waals surface area contributed by atoms with E-state index in [0.29, 0.717) is 23.0 Å². The lowest BCUT2D eigenvalue weighted by Gasteiger charge is -2.12. The van der Waals surface area contributed by atoms with Crippen molar-refractivity contribution in [3.63, 3.8) is 0 Å². The summed E-state index contributed by atoms with van der Waals surface area (Å²) in [6.07, 6.45) is 0. The summed E-state index contributed by atoms with van der Waals surface area (Å²) in [5.41, 5.74) is 9.68. The first-order valence-electron chi connectivity index (χ1n) is 17.2. The molecule has 3 heterocycles. The average molecular weight is 665 g/mol. The van der Waals surface area contributed by atoms with Crippen molar-refractivity contribution in [2.45, 2.75) is 0 Å². The molecule has 6 nitrogen and oxygen atoms in total. The number of fused-ring (bicyclic) bond motifs is 6. The van der Waals surface area contributed by atoms with Crippen LogP contribution in [0.4, 0.5) is 0 Å². The fraction of sp³-hybridized carbons (Fsp3) is 0. The number of rotatable bonds is 5. The molecule has 3 aromatic heterocycles. The molecule has 242 valence electrons. The van der Waals surface area contributed by atoms with Crippen molar-refractivity contribution >= 4 is 43.6 Å². The van der Waals surface area contributed by atoms with Gasteiger partial charge in [-0.15, -0.1) is 0 Å². The summed E-state index contributed by atoms with van der Waals surface area (Å²) in [4.78, 5) is 14.9. The van der Waals surface area contributed by atoms with E-state index in [9.17, 15) is 5.26 Å². The Balaban J connectivity index is 1.22. The number of aromatic nitrogens is 5. The lowest BCUT2D eigenvalue weighted by atomic mass is 10.1. The molecular formula is C46H28N6. The Morgan fingerprint density at radius 2 is 0.827 bits per heavy atom. The summed E-state index contributed by atoms with van der Waals surface area (Å²) in [5.74, 6) is 1.86. The highest BCUT2D eigenvalue weighted by Crippen LogP contribution is 2.40. The Kier molecular flexibility index (Phi) is 6.76. The summed E-state index contributed by atoms with van der Waals surface area (Å²) < 4.78 is 4.60. The molecule has 0 aliphatic heterocycles. The Hall–Kier alpha value is -7.36. The maximum atomic E-state index is 9.75. The molecule has 0 fully saturated rings. The standard InChI is InChI=1S/C46H28N6/c47-29-30-13-11-19-34(25-30)51-40-23-9-7-21-36(40)38-27-39-37-22-8-10-24-41(37)52(43(39)28-42(38)51)35-20-12-18-33(26-35)46-49-44(31-14-3-1-4-15-31)48-45(50-46)32-16-5-2-6-17-32/h1-28H. The van der Waals surface area contributed by atoms with E-state index in [1.54, 1.807) is 0 Å². The quantitative estimate of drug-likeness (QED) is 0.184. The summed E-state index contributed by atoms with van der Waals surface area (Å²) in [6.45, 7) is 0. The van der Waals surface area contributed by atoms with E-state index in [2.05, 4.69) is 106 Å². The van der Waals surface area contributed by atoms with Crippen LogP contribution in [0.3, 0.4) is 0 Å². The van der Waals surface area contributed by atoms with Gasteiger partial charge in [-0.25, -0.2) is 15.0 Å². The van der Waals surface area contributed by atoms with Crippen LogP contribution in [-0.4, -0.2) is 24.1 Å². The number of nitriles is 1. The zero-order valence-electron chi connectivity index (χ0n) is 27.8. The predicted octanol–water partition coefficient (Wildman–Crippen LogP) is 10.9. The van der Waals surface area contributed by atoms with Crippen molar-refractivity contribution in [2.75, 3.05) is 0 Å². The highest BCUT2D eigenvalue weighted by Gasteiger charge is 2.19. The van der Waals surface area contributed by atoms with Gasteiger partial charge >= 0.3 is 0 Å². The second-order valence-electron chi connectivity index (χ2n) is 12.8. The van der Waals surface area contributed by atoms with Gasteiger partial charge in [0.1, 0.15) is 0 Å². The van der Waals surface area contributed by atoms with Gasteiger partial charge in [-0.3, -0.25) is 0 Å². The first-order valence-corrected chi connectivity index (χ1v) is 17.2. The molecule has 7 aromatic carbocycles. The molecule has 0 unspecified atom stereocenters. The van der Waals surface area contributed by atoms with Crippen LogP contribution in [0.1, 0.15) is 5.56 Å². The fourth-order valence-electron chi connectivity index (χ4n) is 7.42. The number of hydrogen-bond donors (Lipinski definition) is 0. The van der Waals surface area contributed by atoms with Gasteiger partial charge in [0.2, 0.25) is 0 Å². The molecule has 0 atom stereocenters. The van der Waals surface area contributed by atoms with Crippen molar-refractivity contribution in [3.05, 3.63) is 175 Å². The molecule has 52 heavy (non-hydrogen) atoms. The van der Waals surface area contributed by atoms with Gasteiger partial charge < -0.3 is 9.13 Å². The molecule has 0 spiro atoms. The lowest BCUT2D eigenvalue weighted by molar-refractivity contribution is 1.07. The fourth-order valence-corrected chi connectivity index (χ4v) is 7.42. The monoisotopic (exact) mass is 664 g/mol. The second-order valence-corrected chi connectivity index (χ2v) is 12.8. The van der Waals surface area contributed by atoms with Crippen LogP contribution in [0.15, 0.2) is 170 Å². The summed E-state index contributed by atoms with van der Waals surface area (Å²) in [7, 11) is 0. The zero-order chi connectivity index (χ0) is 34.6. The van der Waals surface area contributed by atoms with Crippen LogP contribution >= 0.6 is 0 Å². The molecular weight excluding hydrogens is 637 g/mol. The van der Waals surface area contributed by atoms with Crippen molar-refractivity contribution in [1.82, 2.24) is 24.1 Å². The number of para-hydroxylation sites is 2. The molecule has 0 aliphatic carbocycles. The summed E-state index contributed by atoms with van der Waals surface area (Å²) in [5, 5.41) is 14.4. The minimum atomic E-state index is 0.607. The molecule has 0 bridgehead atoms. The summed E-state index contributed by atoms with van der Waals surface area (Å²) >= 11 is 0. The zero-order valence-corrected chi connectivity index (χ0v) is 27.8. The van der Waals surface area contributed by atoms with Crippen LogP contribution in [0.2, 0.25) is 0 Å². The van der Waals surface area contributed by atoms with Crippen LogP contribution in [0, 0.1) is 11.3 Å². The van der Waals surface area contributed by atoms with Crippen LogP contribution < -0.4 is 0 Å². The van der Waals surface area contributed by atoms with Crippen molar-refractivity contribution in [1.29, 1.82) is 5.26 Å². The van der Waals surface area contributed by atoms with E-state index >= 15 is 0 Å². The minimum Gasteiger partial charge on any atom is -0.309 e.